The van der Waals surface area contributed by atoms with Crippen molar-refractivity contribution in [2.24, 2.45) is 0 Å². The van der Waals surface area contributed by atoms with Crippen molar-refractivity contribution in [1.29, 1.82) is 0 Å². The predicted octanol–water partition coefficient (Wildman–Crippen LogP) is 3.03. The molecule has 1 heterocycles. The molecule has 0 unspecified atom stereocenters. The molecule has 1 aromatic carbocycles. The standard InChI is InChI=1S/C11H11N/c1-9-6-7-10-4-2-3-5-11(10)12-8-9/h2-8,12H,1H3. The number of para-hydroxylation sites is 1. The normalized spacial score (nSPS) is 14.2. The van der Waals surface area contributed by atoms with Gasteiger partial charge in [-0.2, -0.15) is 0 Å². The quantitative estimate of drug-likeness (QED) is 0.610. The predicted molar refractivity (Wildman–Crippen MR) is 52.9 cm³/mol. The van der Waals surface area contributed by atoms with Gasteiger partial charge in [0.1, 0.15) is 0 Å². The first-order valence-corrected chi connectivity index (χ1v) is 4.07. The zero-order chi connectivity index (χ0) is 8.39. The summed E-state index contributed by atoms with van der Waals surface area (Å²) >= 11 is 0. The summed E-state index contributed by atoms with van der Waals surface area (Å²) in [6, 6.07) is 8.26. The van der Waals surface area contributed by atoms with Crippen LogP contribution in [0.2, 0.25) is 0 Å². The maximum atomic E-state index is 3.25. The van der Waals surface area contributed by atoms with E-state index in [0.29, 0.717) is 0 Å². The largest absolute Gasteiger partial charge is 0.361 e. The third-order valence-corrected chi connectivity index (χ3v) is 1.94. The van der Waals surface area contributed by atoms with Gasteiger partial charge in [0.15, 0.2) is 0 Å². The highest BCUT2D eigenvalue weighted by molar-refractivity contribution is 5.70. The van der Waals surface area contributed by atoms with Crippen molar-refractivity contribution in [2.45, 2.75) is 6.92 Å². The van der Waals surface area contributed by atoms with E-state index < -0.39 is 0 Å². The Morgan fingerprint density at radius 2 is 1.92 bits per heavy atom. The van der Waals surface area contributed by atoms with E-state index in [9.17, 15) is 0 Å². The van der Waals surface area contributed by atoms with Crippen LogP contribution in [0.15, 0.2) is 42.1 Å². The molecule has 2 rings (SSSR count). The lowest BCUT2D eigenvalue weighted by molar-refractivity contribution is 1.49. The average molecular weight is 157 g/mol. The molecule has 0 amide bonds. The first-order chi connectivity index (χ1) is 5.86. The number of fused-ring (bicyclic) bond motifs is 1. The van der Waals surface area contributed by atoms with E-state index in [4.69, 9.17) is 0 Å². The summed E-state index contributed by atoms with van der Waals surface area (Å²) in [5.74, 6) is 0. The highest BCUT2D eigenvalue weighted by Gasteiger charge is 1.98. The SMILES string of the molecule is CC1=CNc2ccccc2C=C1. The molecule has 1 aliphatic heterocycles. The number of hydrogen-bond donors (Lipinski definition) is 1. The molecule has 0 fully saturated rings. The number of benzene rings is 1. The lowest BCUT2D eigenvalue weighted by Gasteiger charge is -2.02. The zero-order valence-corrected chi connectivity index (χ0v) is 7.04. The Bertz CT molecular complexity index is 348. The van der Waals surface area contributed by atoms with Crippen molar-refractivity contribution in [1.82, 2.24) is 0 Å². The summed E-state index contributed by atoms with van der Waals surface area (Å²) in [4.78, 5) is 0. The molecule has 0 aliphatic carbocycles. The Morgan fingerprint density at radius 3 is 2.83 bits per heavy atom. The van der Waals surface area contributed by atoms with E-state index in [2.05, 4.69) is 36.5 Å². The Labute approximate surface area is 72.4 Å². The first kappa shape index (κ1) is 7.17. The van der Waals surface area contributed by atoms with Crippen LogP contribution in [0.25, 0.3) is 6.08 Å². The minimum absolute atomic E-state index is 1.17. The van der Waals surface area contributed by atoms with Gasteiger partial charge >= 0.3 is 0 Å². The molecule has 0 saturated carbocycles. The Balaban J connectivity index is 2.48. The minimum Gasteiger partial charge on any atom is -0.361 e. The molecule has 0 saturated heterocycles. The van der Waals surface area contributed by atoms with Gasteiger partial charge in [0.2, 0.25) is 0 Å². The van der Waals surface area contributed by atoms with Gasteiger partial charge < -0.3 is 5.32 Å². The Kier molecular flexibility index (Phi) is 1.71. The van der Waals surface area contributed by atoms with Crippen molar-refractivity contribution < 1.29 is 0 Å². The molecule has 0 aromatic heterocycles. The van der Waals surface area contributed by atoms with Crippen LogP contribution < -0.4 is 5.32 Å². The van der Waals surface area contributed by atoms with Gasteiger partial charge in [0.05, 0.1) is 0 Å². The topological polar surface area (TPSA) is 12.0 Å². The molecule has 0 radical (unpaired) electrons. The number of nitrogens with one attached hydrogen (secondary N) is 1. The van der Waals surface area contributed by atoms with Crippen LogP contribution in [0.5, 0.6) is 0 Å². The molecule has 60 valence electrons. The number of allylic oxidation sites excluding steroid dienone is 2. The second kappa shape index (κ2) is 2.86. The summed E-state index contributed by atoms with van der Waals surface area (Å²) in [6.07, 6.45) is 6.25. The molecule has 0 spiro atoms. The second-order valence-electron chi connectivity index (χ2n) is 2.95. The second-order valence-corrected chi connectivity index (χ2v) is 2.95. The van der Waals surface area contributed by atoms with Crippen LogP contribution >= 0.6 is 0 Å². The van der Waals surface area contributed by atoms with Crippen LogP contribution in [0.4, 0.5) is 5.69 Å². The summed E-state index contributed by atoms with van der Waals surface area (Å²) in [6.45, 7) is 2.08. The van der Waals surface area contributed by atoms with E-state index in [1.807, 2.05) is 18.3 Å². The lowest BCUT2D eigenvalue weighted by Crippen LogP contribution is -1.88. The molecular weight excluding hydrogens is 146 g/mol. The van der Waals surface area contributed by atoms with Gasteiger partial charge in [-0.15, -0.1) is 0 Å². The monoisotopic (exact) mass is 157 g/mol. The van der Waals surface area contributed by atoms with Crippen LogP contribution in [-0.2, 0) is 0 Å². The first-order valence-electron chi connectivity index (χ1n) is 4.07. The minimum atomic E-state index is 1.17. The molecule has 1 nitrogen and oxygen atoms in total. The molecule has 12 heavy (non-hydrogen) atoms. The Hall–Kier alpha value is -1.50. The third kappa shape index (κ3) is 1.26. The van der Waals surface area contributed by atoms with E-state index in [-0.39, 0.29) is 0 Å². The number of rotatable bonds is 0. The van der Waals surface area contributed by atoms with E-state index >= 15 is 0 Å². The van der Waals surface area contributed by atoms with Gasteiger partial charge in [-0.25, -0.2) is 0 Å². The molecule has 1 aromatic rings. The molecule has 0 atom stereocenters. The highest BCUT2D eigenvalue weighted by atomic mass is 14.8. The van der Waals surface area contributed by atoms with Crippen LogP contribution in [-0.4, -0.2) is 0 Å². The van der Waals surface area contributed by atoms with Gasteiger partial charge in [0.25, 0.3) is 0 Å². The fourth-order valence-electron chi connectivity index (χ4n) is 1.23. The summed E-state index contributed by atoms with van der Waals surface area (Å²) in [5.41, 5.74) is 3.66. The van der Waals surface area contributed by atoms with Gasteiger partial charge in [-0.3, -0.25) is 0 Å². The van der Waals surface area contributed by atoms with Crippen LogP contribution in [0, 0.1) is 0 Å². The van der Waals surface area contributed by atoms with E-state index in [1.165, 1.54) is 16.8 Å². The highest BCUT2D eigenvalue weighted by Crippen LogP contribution is 2.20. The van der Waals surface area contributed by atoms with Crippen molar-refractivity contribution in [3.05, 3.63) is 47.7 Å². The fraction of sp³-hybridized carbons (Fsp3) is 0.0909. The Morgan fingerprint density at radius 1 is 1.08 bits per heavy atom. The summed E-state index contributed by atoms with van der Waals surface area (Å²) < 4.78 is 0. The third-order valence-electron chi connectivity index (χ3n) is 1.94. The maximum Gasteiger partial charge on any atom is 0.0453 e. The van der Waals surface area contributed by atoms with Crippen LogP contribution in [0.3, 0.4) is 0 Å². The molecular formula is C11H11N. The zero-order valence-electron chi connectivity index (χ0n) is 7.04. The molecule has 1 aliphatic rings. The van der Waals surface area contributed by atoms with Gasteiger partial charge in [-0.1, -0.05) is 30.4 Å². The lowest BCUT2D eigenvalue weighted by atomic mass is 10.1. The number of anilines is 1. The van der Waals surface area contributed by atoms with E-state index in [0.717, 1.165) is 0 Å². The van der Waals surface area contributed by atoms with Crippen molar-refractivity contribution in [2.75, 3.05) is 5.32 Å². The number of hydrogen-bond acceptors (Lipinski definition) is 1. The van der Waals surface area contributed by atoms with Crippen LogP contribution in [0.1, 0.15) is 12.5 Å². The van der Waals surface area contributed by atoms with Crippen molar-refractivity contribution in [3.63, 3.8) is 0 Å². The summed E-state index contributed by atoms with van der Waals surface area (Å²) in [5, 5.41) is 3.25. The molecule has 1 heteroatoms. The average Bonchev–Trinajstić information content (AvgIpc) is 2.29. The smallest absolute Gasteiger partial charge is 0.0453 e. The fourth-order valence-corrected chi connectivity index (χ4v) is 1.23. The van der Waals surface area contributed by atoms with Crippen molar-refractivity contribution in [3.8, 4) is 0 Å². The molecule has 1 N–H and O–H groups in total. The maximum absolute atomic E-state index is 3.25. The van der Waals surface area contributed by atoms with Crippen molar-refractivity contribution >= 4 is 11.8 Å². The molecule has 0 bridgehead atoms. The van der Waals surface area contributed by atoms with Gasteiger partial charge in [0, 0.05) is 11.9 Å². The van der Waals surface area contributed by atoms with E-state index in [1.54, 1.807) is 0 Å². The van der Waals surface area contributed by atoms with Gasteiger partial charge in [-0.05, 0) is 24.1 Å². The summed E-state index contributed by atoms with van der Waals surface area (Å²) in [7, 11) is 0.